The van der Waals surface area contributed by atoms with Crippen molar-refractivity contribution < 1.29 is 9.59 Å². The molecule has 6 heteroatoms. The minimum atomic E-state index is -0.576. The van der Waals surface area contributed by atoms with Crippen molar-refractivity contribution in [2.45, 2.75) is 51.1 Å². The normalized spacial score (nSPS) is 14.2. The van der Waals surface area contributed by atoms with Gasteiger partial charge in [-0.25, -0.2) is 0 Å². The van der Waals surface area contributed by atoms with Gasteiger partial charge in [-0.15, -0.1) is 0 Å². The summed E-state index contributed by atoms with van der Waals surface area (Å²) in [6.45, 7) is 2.77. The number of nitrogens with two attached hydrogens (primary N) is 1. The number of hydrogen-bond donors (Lipinski definition) is 4. The third-order valence-electron chi connectivity index (χ3n) is 5.52. The van der Waals surface area contributed by atoms with Crippen LogP contribution in [0.3, 0.4) is 0 Å². The van der Waals surface area contributed by atoms with Crippen LogP contribution in [-0.4, -0.2) is 37.0 Å². The molecule has 0 unspecified atom stereocenters. The Morgan fingerprint density at radius 1 is 1.03 bits per heavy atom. The van der Waals surface area contributed by atoms with E-state index < -0.39 is 6.04 Å². The molecule has 0 bridgehead atoms. The molecule has 0 spiro atoms. The van der Waals surface area contributed by atoms with Crippen molar-refractivity contribution in [2.24, 2.45) is 5.73 Å². The van der Waals surface area contributed by atoms with E-state index in [4.69, 9.17) is 5.73 Å². The topological polar surface area (TPSA) is 96.2 Å². The lowest BCUT2D eigenvalue weighted by Crippen LogP contribution is -2.48. The molecule has 1 atom stereocenters. The van der Waals surface area contributed by atoms with Gasteiger partial charge < -0.3 is 21.7 Å². The van der Waals surface area contributed by atoms with Gasteiger partial charge in [-0.05, 0) is 68.8 Å². The minimum Gasteiger partial charge on any atom is -0.343 e. The fourth-order valence-electron chi connectivity index (χ4n) is 3.81. The average molecular weight is 409 g/mol. The van der Waals surface area contributed by atoms with E-state index in [0.29, 0.717) is 13.0 Å². The first-order valence-electron chi connectivity index (χ1n) is 10.7. The van der Waals surface area contributed by atoms with E-state index in [0.717, 1.165) is 36.9 Å². The van der Waals surface area contributed by atoms with Crippen LogP contribution in [0, 0.1) is 6.92 Å². The fraction of sp³-hybridized carbons (Fsp3) is 0.417. The summed E-state index contributed by atoms with van der Waals surface area (Å²) in [5.41, 5.74) is 10.1. The number of rotatable bonds is 10. The summed E-state index contributed by atoms with van der Waals surface area (Å²) >= 11 is 0. The van der Waals surface area contributed by atoms with Gasteiger partial charge in [-0.1, -0.05) is 42.0 Å². The first-order valence-corrected chi connectivity index (χ1v) is 10.7. The van der Waals surface area contributed by atoms with Gasteiger partial charge in [-0.2, -0.15) is 0 Å². The fourth-order valence-corrected chi connectivity index (χ4v) is 3.81. The summed E-state index contributed by atoms with van der Waals surface area (Å²) in [7, 11) is 0. The number of carbonyl (C=O) groups is 2. The summed E-state index contributed by atoms with van der Waals surface area (Å²) in [5, 5.41) is 9.14. The van der Waals surface area contributed by atoms with Crippen molar-refractivity contribution in [1.29, 1.82) is 0 Å². The van der Waals surface area contributed by atoms with Gasteiger partial charge in [0.15, 0.2) is 0 Å². The highest BCUT2D eigenvalue weighted by Crippen LogP contribution is 2.21. The number of hydrogen-bond acceptors (Lipinski definition) is 4. The molecule has 160 valence electrons. The molecule has 2 amide bonds. The molecule has 2 aromatic rings. The van der Waals surface area contributed by atoms with Crippen molar-refractivity contribution >= 4 is 17.5 Å². The number of fused-ring (bicyclic) bond motifs is 1. The number of nitrogens with one attached hydrogen (secondary N) is 3. The number of anilines is 1. The Balaban J connectivity index is 1.51. The molecule has 0 aromatic heterocycles. The third-order valence-corrected chi connectivity index (χ3v) is 5.52. The molecule has 0 heterocycles. The molecule has 6 nitrogen and oxygen atoms in total. The highest BCUT2D eigenvalue weighted by Gasteiger charge is 2.23. The van der Waals surface area contributed by atoms with Crippen LogP contribution in [0.2, 0.25) is 0 Å². The molecule has 0 aliphatic heterocycles. The van der Waals surface area contributed by atoms with Gasteiger partial charge in [0, 0.05) is 11.7 Å². The molecular weight excluding hydrogens is 376 g/mol. The van der Waals surface area contributed by atoms with E-state index in [-0.39, 0.29) is 24.4 Å². The molecule has 1 aliphatic rings. The third kappa shape index (κ3) is 6.40. The Morgan fingerprint density at radius 3 is 2.33 bits per heavy atom. The lowest BCUT2D eigenvalue weighted by molar-refractivity contribution is -0.126. The van der Waals surface area contributed by atoms with Gasteiger partial charge in [0.1, 0.15) is 6.04 Å². The van der Waals surface area contributed by atoms with Crippen molar-refractivity contribution in [3.05, 3.63) is 65.2 Å². The highest BCUT2D eigenvalue weighted by atomic mass is 16.2. The second kappa shape index (κ2) is 10.9. The Hall–Kier alpha value is -2.70. The summed E-state index contributed by atoms with van der Waals surface area (Å²) in [6.07, 6.45) is 4.03. The van der Waals surface area contributed by atoms with E-state index in [1.807, 2.05) is 43.3 Å². The van der Waals surface area contributed by atoms with E-state index in [9.17, 15) is 9.59 Å². The molecule has 3 rings (SSSR count). The molecule has 0 fully saturated rings. The lowest BCUT2D eigenvalue weighted by Gasteiger charge is -2.19. The maximum absolute atomic E-state index is 12.8. The summed E-state index contributed by atoms with van der Waals surface area (Å²) < 4.78 is 0. The minimum absolute atomic E-state index is 0.164. The number of amides is 2. The van der Waals surface area contributed by atoms with Gasteiger partial charge in [0.2, 0.25) is 11.8 Å². The van der Waals surface area contributed by atoms with Crippen LogP contribution in [0.5, 0.6) is 0 Å². The summed E-state index contributed by atoms with van der Waals surface area (Å²) in [6, 6.07) is 15.7. The van der Waals surface area contributed by atoms with Gasteiger partial charge in [0.05, 0.1) is 6.54 Å². The van der Waals surface area contributed by atoms with Gasteiger partial charge >= 0.3 is 0 Å². The zero-order chi connectivity index (χ0) is 21.3. The summed E-state index contributed by atoms with van der Waals surface area (Å²) in [5.74, 6) is -0.361. The van der Waals surface area contributed by atoms with Gasteiger partial charge in [-0.3, -0.25) is 9.59 Å². The average Bonchev–Trinajstić information content (AvgIpc) is 3.16. The second-order valence-corrected chi connectivity index (χ2v) is 8.01. The smallest absolute Gasteiger partial charge is 0.246 e. The molecule has 0 saturated carbocycles. The largest absolute Gasteiger partial charge is 0.343 e. The molecule has 5 N–H and O–H groups in total. The van der Waals surface area contributed by atoms with Crippen LogP contribution in [0.4, 0.5) is 5.69 Å². The standard InChI is InChI=1S/C24H32N4O2/c1-17-9-11-20(12-10-17)27-24(30)22(8-4-5-13-25)28-23(29)16-26-21-14-18-6-2-3-7-19(18)15-21/h2-3,6-7,9-12,21-22,26H,4-5,8,13-16,25H2,1H3,(H,27,30)(H,28,29)/t22-/m0/s1. The van der Waals surface area contributed by atoms with E-state index in [1.54, 1.807) is 0 Å². The first kappa shape index (κ1) is 22.0. The monoisotopic (exact) mass is 408 g/mol. The van der Waals surface area contributed by atoms with Crippen LogP contribution in [0.25, 0.3) is 0 Å². The maximum atomic E-state index is 12.8. The zero-order valence-electron chi connectivity index (χ0n) is 17.6. The Kier molecular flexibility index (Phi) is 7.99. The Morgan fingerprint density at radius 2 is 1.70 bits per heavy atom. The predicted octanol–water partition coefficient (Wildman–Crippen LogP) is 2.30. The molecular formula is C24H32N4O2. The van der Waals surface area contributed by atoms with Crippen LogP contribution < -0.4 is 21.7 Å². The number of benzene rings is 2. The van der Waals surface area contributed by atoms with Crippen LogP contribution >= 0.6 is 0 Å². The second-order valence-electron chi connectivity index (χ2n) is 8.01. The van der Waals surface area contributed by atoms with E-state index in [2.05, 4.69) is 28.1 Å². The van der Waals surface area contributed by atoms with Crippen LogP contribution in [0.15, 0.2) is 48.5 Å². The van der Waals surface area contributed by atoms with E-state index in [1.165, 1.54) is 11.1 Å². The summed E-state index contributed by atoms with van der Waals surface area (Å²) in [4.78, 5) is 25.3. The number of unbranched alkanes of at least 4 members (excludes halogenated alkanes) is 1. The van der Waals surface area contributed by atoms with Crippen molar-refractivity contribution in [3.63, 3.8) is 0 Å². The predicted molar refractivity (Wildman–Crippen MR) is 120 cm³/mol. The van der Waals surface area contributed by atoms with Crippen molar-refractivity contribution in [2.75, 3.05) is 18.4 Å². The molecule has 0 radical (unpaired) electrons. The zero-order valence-corrected chi connectivity index (χ0v) is 17.6. The lowest BCUT2D eigenvalue weighted by atomic mass is 10.1. The number of aryl methyl sites for hydroxylation is 1. The molecule has 1 aliphatic carbocycles. The SMILES string of the molecule is Cc1ccc(NC(=O)[C@H](CCCCN)NC(=O)CNC2Cc3ccccc3C2)cc1. The van der Waals surface area contributed by atoms with E-state index >= 15 is 0 Å². The maximum Gasteiger partial charge on any atom is 0.246 e. The van der Waals surface area contributed by atoms with Crippen LogP contribution in [-0.2, 0) is 22.4 Å². The number of carbonyl (C=O) groups excluding carboxylic acids is 2. The Labute approximate surface area is 178 Å². The molecule has 0 saturated heterocycles. The van der Waals surface area contributed by atoms with Crippen LogP contribution in [0.1, 0.15) is 36.0 Å². The Bertz CT molecular complexity index is 826. The van der Waals surface area contributed by atoms with Crippen molar-refractivity contribution in [1.82, 2.24) is 10.6 Å². The van der Waals surface area contributed by atoms with Gasteiger partial charge in [0.25, 0.3) is 0 Å². The molecule has 30 heavy (non-hydrogen) atoms. The quantitative estimate of drug-likeness (QED) is 0.454. The van der Waals surface area contributed by atoms with Crippen molar-refractivity contribution in [3.8, 4) is 0 Å². The highest BCUT2D eigenvalue weighted by molar-refractivity contribution is 5.97. The first-order chi connectivity index (χ1) is 14.5. The molecule has 2 aromatic carbocycles.